The molecule has 0 aromatic heterocycles. The molecule has 27 heavy (non-hydrogen) atoms. The highest BCUT2D eigenvalue weighted by atomic mass is 32.2. The van der Waals surface area contributed by atoms with E-state index >= 15 is 0 Å². The summed E-state index contributed by atoms with van der Waals surface area (Å²) in [5.41, 5.74) is 2.22. The zero-order chi connectivity index (χ0) is 19.6. The summed E-state index contributed by atoms with van der Waals surface area (Å²) in [6, 6.07) is 12.6. The van der Waals surface area contributed by atoms with Gasteiger partial charge in [0.2, 0.25) is 15.9 Å². The van der Waals surface area contributed by atoms with Gasteiger partial charge in [-0.1, -0.05) is 29.8 Å². The highest BCUT2D eigenvalue weighted by Gasteiger charge is 2.32. The average Bonchev–Trinajstić information content (AvgIpc) is 3.12. The molecule has 1 saturated heterocycles. The van der Waals surface area contributed by atoms with Gasteiger partial charge in [0.1, 0.15) is 5.82 Å². The fourth-order valence-electron chi connectivity index (χ4n) is 3.35. The SMILES string of the molecule is Cc1ccc(C2CCCN2C(=O)CN(C)S(=O)(=O)c2ccc(F)cc2)cc1. The molecular formula is C20H23FN2O3S. The van der Waals surface area contributed by atoms with E-state index < -0.39 is 15.8 Å². The molecule has 2 aromatic carbocycles. The Hall–Kier alpha value is -2.25. The first kappa shape index (κ1) is 19.5. The summed E-state index contributed by atoms with van der Waals surface area (Å²) in [6.07, 6.45) is 1.75. The fourth-order valence-corrected chi connectivity index (χ4v) is 4.47. The standard InChI is InChI=1S/C20H23FN2O3S/c1-15-5-7-16(8-6-15)19-4-3-13-23(19)20(24)14-22(2)27(25,26)18-11-9-17(21)10-12-18/h5-12,19H,3-4,13-14H2,1-2H3. The van der Waals surface area contributed by atoms with Gasteiger partial charge >= 0.3 is 0 Å². The normalized spacial score (nSPS) is 17.5. The molecule has 0 radical (unpaired) electrons. The Bertz CT molecular complexity index is 911. The number of amides is 1. The first-order valence-electron chi connectivity index (χ1n) is 8.87. The van der Waals surface area contributed by atoms with Gasteiger partial charge in [-0.15, -0.1) is 0 Å². The van der Waals surface area contributed by atoms with Crippen molar-refractivity contribution in [2.45, 2.75) is 30.7 Å². The number of nitrogens with zero attached hydrogens (tertiary/aromatic N) is 2. The molecule has 0 spiro atoms. The molecule has 1 unspecified atom stereocenters. The second-order valence-electron chi connectivity index (χ2n) is 6.87. The van der Waals surface area contributed by atoms with Crippen LogP contribution in [0.1, 0.15) is 30.0 Å². The number of hydrogen-bond donors (Lipinski definition) is 0. The van der Waals surface area contributed by atoms with Crippen LogP contribution in [0.15, 0.2) is 53.4 Å². The minimum Gasteiger partial charge on any atom is -0.335 e. The number of rotatable bonds is 5. The van der Waals surface area contributed by atoms with E-state index in [4.69, 9.17) is 0 Å². The van der Waals surface area contributed by atoms with Gasteiger partial charge in [-0.3, -0.25) is 4.79 Å². The lowest BCUT2D eigenvalue weighted by molar-refractivity contribution is -0.132. The molecule has 1 atom stereocenters. The molecule has 0 N–H and O–H groups in total. The van der Waals surface area contributed by atoms with Crippen molar-refractivity contribution < 1.29 is 17.6 Å². The molecule has 144 valence electrons. The molecule has 2 aromatic rings. The maximum absolute atomic E-state index is 13.1. The smallest absolute Gasteiger partial charge is 0.243 e. The number of carbonyl (C=O) groups excluding carboxylic acids is 1. The Kier molecular flexibility index (Phi) is 5.62. The predicted molar refractivity (Wildman–Crippen MR) is 101 cm³/mol. The Morgan fingerprint density at radius 1 is 1.15 bits per heavy atom. The predicted octanol–water partition coefficient (Wildman–Crippen LogP) is 3.12. The van der Waals surface area contributed by atoms with Gasteiger partial charge in [0.15, 0.2) is 0 Å². The third-order valence-electron chi connectivity index (χ3n) is 4.92. The maximum Gasteiger partial charge on any atom is 0.243 e. The summed E-state index contributed by atoms with van der Waals surface area (Å²) in [4.78, 5) is 14.5. The van der Waals surface area contributed by atoms with Crippen LogP contribution < -0.4 is 0 Å². The number of aryl methyl sites for hydroxylation is 1. The van der Waals surface area contributed by atoms with E-state index in [1.54, 1.807) is 4.90 Å². The lowest BCUT2D eigenvalue weighted by atomic mass is 10.0. The third kappa shape index (κ3) is 4.20. The Labute approximate surface area is 159 Å². The Morgan fingerprint density at radius 2 is 1.78 bits per heavy atom. The molecule has 1 aliphatic heterocycles. The Morgan fingerprint density at radius 3 is 2.41 bits per heavy atom. The van der Waals surface area contributed by atoms with Gasteiger partial charge in [0, 0.05) is 13.6 Å². The number of hydrogen-bond acceptors (Lipinski definition) is 3. The molecule has 1 amide bonds. The van der Waals surface area contributed by atoms with Crippen LogP contribution in [0.25, 0.3) is 0 Å². The summed E-state index contributed by atoms with van der Waals surface area (Å²) in [5.74, 6) is -0.739. The largest absolute Gasteiger partial charge is 0.335 e. The van der Waals surface area contributed by atoms with E-state index in [1.165, 1.54) is 19.2 Å². The molecule has 7 heteroatoms. The van der Waals surface area contributed by atoms with Crippen molar-refractivity contribution in [2.75, 3.05) is 20.1 Å². The van der Waals surface area contributed by atoms with Gasteiger partial charge in [-0.05, 0) is 49.6 Å². The van der Waals surface area contributed by atoms with E-state index in [-0.39, 0.29) is 23.4 Å². The molecule has 3 rings (SSSR count). The van der Waals surface area contributed by atoms with Gasteiger partial charge in [0.05, 0.1) is 17.5 Å². The monoisotopic (exact) mass is 390 g/mol. The van der Waals surface area contributed by atoms with E-state index in [9.17, 15) is 17.6 Å². The first-order chi connectivity index (χ1) is 12.8. The van der Waals surface area contributed by atoms with E-state index in [1.807, 2.05) is 31.2 Å². The molecule has 0 aliphatic carbocycles. The van der Waals surface area contributed by atoms with Crippen LogP contribution in [0.4, 0.5) is 4.39 Å². The number of carbonyl (C=O) groups is 1. The van der Waals surface area contributed by atoms with Crippen molar-refractivity contribution in [3.8, 4) is 0 Å². The van der Waals surface area contributed by atoms with Gasteiger partial charge in [-0.25, -0.2) is 12.8 Å². The zero-order valence-electron chi connectivity index (χ0n) is 15.4. The van der Waals surface area contributed by atoms with Crippen LogP contribution in [0.5, 0.6) is 0 Å². The highest BCUT2D eigenvalue weighted by Crippen LogP contribution is 2.32. The maximum atomic E-state index is 13.1. The van der Waals surface area contributed by atoms with E-state index in [2.05, 4.69) is 0 Å². The number of halogens is 1. The Balaban J connectivity index is 1.73. The zero-order valence-corrected chi connectivity index (χ0v) is 16.2. The fraction of sp³-hybridized carbons (Fsp3) is 0.350. The molecule has 1 heterocycles. The van der Waals surface area contributed by atoms with Crippen LogP contribution in [0.3, 0.4) is 0 Å². The minimum absolute atomic E-state index is 0.0278. The van der Waals surface area contributed by atoms with Crippen molar-refractivity contribution in [3.63, 3.8) is 0 Å². The van der Waals surface area contributed by atoms with Gasteiger partial charge in [0.25, 0.3) is 0 Å². The van der Waals surface area contributed by atoms with Crippen LogP contribution in [0.2, 0.25) is 0 Å². The summed E-state index contributed by atoms with van der Waals surface area (Å²) >= 11 is 0. The van der Waals surface area contributed by atoms with Crippen LogP contribution in [-0.2, 0) is 14.8 Å². The third-order valence-corrected chi connectivity index (χ3v) is 6.73. The molecule has 5 nitrogen and oxygen atoms in total. The van der Waals surface area contributed by atoms with E-state index in [0.717, 1.165) is 40.4 Å². The second-order valence-corrected chi connectivity index (χ2v) is 8.92. The van der Waals surface area contributed by atoms with Crippen molar-refractivity contribution in [2.24, 2.45) is 0 Å². The number of sulfonamides is 1. The van der Waals surface area contributed by atoms with Crippen molar-refractivity contribution in [3.05, 3.63) is 65.5 Å². The van der Waals surface area contributed by atoms with Crippen molar-refractivity contribution in [1.82, 2.24) is 9.21 Å². The molecule has 1 aliphatic rings. The first-order valence-corrected chi connectivity index (χ1v) is 10.3. The summed E-state index contributed by atoms with van der Waals surface area (Å²) in [7, 11) is -2.48. The van der Waals surface area contributed by atoms with Crippen LogP contribution in [0, 0.1) is 12.7 Å². The molecular weight excluding hydrogens is 367 g/mol. The minimum atomic E-state index is -3.85. The van der Waals surface area contributed by atoms with Crippen molar-refractivity contribution in [1.29, 1.82) is 0 Å². The van der Waals surface area contributed by atoms with Crippen LogP contribution >= 0.6 is 0 Å². The molecule has 0 saturated carbocycles. The van der Waals surface area contributed by atoms with Gasteiger partial charge in [-0.2, -0.15) is 4.31 Å². The summed E-state index contributed by atoms with van der Waals surface area (Å²) in [6.45, 7) is 2.38. The lowest BCUT2D eigenvalue weighted by Gasteiger charge is -2.27. The molecule has 1 fully saturated rings. The topological polar surface area (TPSA) is 57.7 Å². The highest BCUT2D eigenvalue weighted by molar-refractivity contribution is 7.89. The number of likely N-dealkylation sites (N-methyl/N-ethyl adjacent to an activating group) is 1. The van der Waals surface area contributed by atoms with E-state index in [0.29, 0.717) is 6.54 Å². The summed E-state index contributed by atoms with van der Waals surface area (Å²) in [5, 5.41) is 0. The second kappa shape index (κ2) is 7.78. The summed E-state index contributed by atoms with van der Waals surface area (Å²) < 4.78 is 39.3. The quantitative estimate of drug-likeness (QED) is 0.788. The lowest BCUT2D eigenvalue weighted by Crippen LogP contribution is -2.40. The molecule has 0 bridgehead atoms. The van der Waals surface area contributed by atoms with Crippen LogP contribution in [-0.4, -0.2) is 43.7 Å². The average molecular weight is 390 g/mol. The van der Waals surface area contributed by atoms with Gasteiger partial charge < -0.3 is 4.90 Å². The number of benzene rings is 2. The van der Waals surface area contributed by atoms with Crippen molar-refractivity contribution >= 4 is 15.9 Å². The number of likely N-dealkylation sites (tertiary alicyclic amines) is 1.